The average Bonchev–Trinajstić information content (AvgIpc) is 3.60. The van der Waals surface area contributed by atoms with Crippen LogP contribution in [0.5, 0.6) is 0 Å². The molecule has 37 heavy (non-hydrogen) atoms. The molecule has 1 atom stereocenters. The van der Waals surface area contributed by atoms with Gasteiger partial charge in [0.2, 0.25) is 0 Å². The topological polar surface area (TPSA) is 73.0 Å². The number of halogens is 1. The molecule has 0 bridgehead atoms. The van der Waals surface area contributed by atoms with Crippen molar-refractivity contribution in [1.29, 1.82) is 0 Å². The van der Waals surface area contributed by atoms with Crippen LogP contribution >= 0.6 is 11.8 Å². The van der Waals surface area contributed by atoms with Crippen molar-refractivity contribution in [3.63, 3.8) is 0 Å². The van der Waals surface area contributed by atoms with Crippen LogP contribution < -0.4 is 5.32 Å². The lowest BCUT2D eigenvalue weighted by atomic mass is 10.0. The number of nitrogens with zero attached hydrogens (tertiary/aromatic N) is 3. The monoisotopic (exact) mass is 512 g/mol. The van der Waals surface area contributed by atoms with E-state index in [1.807, 2.05) is 66.1 Å². The molecule has 2 aromatic heterocycles. The van der Waals surface area contributed by atoms with Gasteiger partial charge in [0.1, 0.15) is 5.82 Å². The largest absolute Gasteiger partial charge is 0.459 e. The predicted molar refractivity (Wildman–Crippen MR) is 141 cm³/mol. The number of benzene rings is 3. The Labute approximate surface area is 218 Å². The summed E-state index contributed by atoms with van der Waals surface area (Å²) in [7, 11) is 0. The van der Waals surface area contributed by atoms with Gasteiger partial charge in [-0.1, -0.05) is 71.9 Å². The molecule has 6 nitrogen and oxygen atoms in total. The first kappa shape index (κ1) is 24.5. The Morgan fingerprint density at radius 2 is 1.70 bits per heavy atom. The van der Waals surface area contributed by atoms with E-state index in [4.69, 9.17) is 4.42 Å². The Bertz CT molecular complexity index is 1450. The number of carbonyl (C=O) groups is 1. The maximum Gasteiger partial charge on any atom is 0.287 e. The highest BCUT2D eigenvalue weighted by Crippen LogP contribution is 2.29. The van der Waals surface area contributed by atoms with Crippen LogP contribution in [0.4, 0.5) is 4.39 Å². The molecule has 0 aliphatic carbocycles. The first-order chi connectivity index (χ1) is 18.1. The first-order valence-corrected chi connectivity index (χ1v) is 12.8. The number of hydrogen-bond acceptors (Lipinski definition) is 5. The van der Waals surface area contributed by atoms with Gasteiger partial charge in [-0.05, 0) is 60.9 Å². The quantitative estimate of drug-likeness (QED) is 0.234. The van der Waals surface area contributed by atoms with Crippen molar-refractivity contribution in [2.45, 2.75) is 30.3 Å². The molecule has 3 aromatic carbocycles. The summed E-state index contributed by atoms with van der Waals surface area (Å²) in [5, 5.41) is 12.8. The summed E-state index contributed by atoms with van der Waals surface area (Å²) in [5.74, 6) is 0.825. The third-order valence-electron chi connectivity index (χ3n) is 5.88. The number of aryl methyl sites for hydroxylation is 1. The van der Waals surface area contributed by atoms with E-state index in [9.17, 15) is 9.18 Å². The summed E-state index contributed by atoms with van der Waals surface area (Å²) >= 11 is 1.50. The van der Waals surface area contributed by atoms with Crippen LogP contribution in [0.25, 0.3) is 5.69 Å². The van der Waals surface area contributed by atoms with Crippen LogP contribution in [0, 0.1) is 12.7 Å². The minimum atomic E-state index is -0.478. The summed E-state index contributed by atoms with van der Waals surface area (Å²) in [6, 6.07) is 27.3. The normalized spacial score (nSPS) is 11.8. The number of aromatic nitrogens is 3. The zero-order valence-electron chi connectivity index (χ0n) is 20.2. The minimum absolute atomic E-state index is 0.227. The third-order valence-corrected chi connectivity index (χ3v) is 6.88. The molecule has 0 fully saturated rings. The molecule has 1 N–H and O–H groups in total. The van der Waals surface area contributed by atoms with Gasteiger partial charge >= 0.3 is 0 Å². The van der Waals surface area contributed by atoms with Crippen molar-refractivity contribution in [2.75, 3.05) is 0 Å². The molecule has 1 unspecified atom stereocenters. The smallest absolute Gasteiger partial charge is 0.287 e. The van der Waals surface area contributed by atoms with Crippen molar-refractivity contribution in [3.8, 4) is 5.69 Å². The summed E-state index contributed by atoms with van der Waals surface area (Å²) in [5.41, 5.74) is 4.04. The summed E-state index contributed by atoms with van der Waals surface area (Å²) in [6.45, 7) is 2.03. The molecular formula is C29H25FN4O2S. The van der Waals surface area contributed by atoms with Crippen LogP contribution in [-0.4, -0.2) is 20.7 Å². The molecule has 8 heteroatoms. The molecule has 0 saturated carbocycles. The van der Waals surface area contributed by atoms with Crippen molar-refractivity contribution >= 4 is 17.7 Å². The second kappa shape index (κ2) is 11.3. The third kappa shape index (κ3) is 5.98. The van der Waals surface area contributed by atoms with Crippen molar-refractivity contribution in [3.05, 3.63) is 131 Å². The van der Waals surface area contributed by atoms with E-state index >= 15 is 0 Å². The number of furan rings is 1. The van der Waals surface area contributed by atoms with Gasteiger partial charge in [0, 0.05) is 11.4 Å². The first-order valence-electron chi connectivity index (χ1n) is 11.8. The van der Waals surface area contributed by atoms with Gasteiger partial charge < -0.3 is 9.73 Å². The van der Waals surface area contributed by atoms with Crippen LogP contribution in [-0.2, 0) is 12.2 Å². The van der Waals surface area contributed by atoms with Crippen molar-refractivity contribution < 1.29 is 13.6 Å². The highest BCUT2D eigenvalue weighted by molar-refractivity contribution is 7.98. The molecule has 0 radical (unpaired) electrons. The fraction of sp³-hybridized carbons (Fsp3) is 0.138. The van der Waals surface area contributed by atoms with E-state index in [1.54, 1.807) is 24.3 Å². The molecule has 0 aliphatic rings. The Morgan fingerprint density at radius 3 is 2.41 bits per heavy atom. The maximum absolute atomic E-state index is 13.4. The second-order valence-corrected chi connectivity index (χ2v) is 9.56. The van der Waals surface area contributed by atoms with Crippen LogP contribution in [0.1, 0.15) is 39.1 Å². The van der Waals surface area contributed by atoms with E-state index in [0.29, 0.717) is 23.2 Å². The number of rotatable bonds is 9. The Balaban J connectivity index is 1.52. The Morgan fingerprint density at radius 1 is 0.946 bits per heavy atom. The van der Waals surface area contributed by atoms with Gasteiger partial charge in [-0.3, -0.25) is 9.36 Å². The van der Waals surface area contributed by atoms with E-state index in [2.05, 4.69) is 15.5 Å². The molecule has 2 heterocycles. The molecule has 0 spiro atoms. The minimum Gasteiger partial charge on any atom is -0.459 e. The molecule has 0 saturated heterocycles. The number of nitrogens with one attached hydrogen (secondary N) is 1. The van der Waals surface area contributed by atoms with Gasteiger partial charge in [0.25, 0.3) is 5.91 Å². The summed E-state index contributed by atoms with van der Waals surface area (Å²) in [6.07, 6.45) is 1.99. The van der Waals surface area contributed by atoms with Gasteiger partial charge in [-0.25, -0.2) is 4.39 Å². The molecule has 5 aromatic rings. The maximum atomic E-state index is 13.4. The molecule has 0 aliphatic heterocycles. The van der Waals surface area contributed by atoms with Crippen LogP contribution in [0.2, 0.25) is 0 Å². The molecular weight excluding hydrogens is 487 g/mol. The lowest BCUT2D eigenvalue weighted by molar-refractivity contribution is 0.0906. The zero-order chi connectivity index (χ0) is 25.6. The number of hydrogen-bond donors (Lipinski definition) is 1. The van der Waals surface area contributed by atoms with E-state index in [1.165, 1.54) is 30.2 Å². The van der Waals surface area contributed by atoms with E-state index < -0.39 is 6.04 Å². The lowest BCUT2D eigenvalue weighted by Gasteiger charge is -2.20. The Hall–Kier alpha value is -4.17. The zero-order valence-corrected chi connectivity index (χ0v) is 21.0. The Kier molecular flexibility index (Phi) is 7.46. The van der Waals surface area contributed by atoms with Gasteiger partial charge in [0.05, 0.1) is 12.3 Å². The molecule has 1 amide bonds. The van der Waals surface area contributed by atoms with Crippen LogP contribution in [0.15, 0.2) is 107 Å². The van der Waals surface area contributed by atoms with Gasteiger partial charge in [-0.15, -0.1) is 10.2 Å². The van der Waals surface area contributed by atoms with Gasteiger partial charge in [0.15, 0.2) is 16.7 Å². The standard InChI is InChI=1S/C29H25FN4O2S/c1-20-9-15-24(16-10-20)34-27(32-33-29(34)37-19-22-11-13-23(30)14-12-22)25(18-21-6-3-2-4-7-21)31-28(35)26-8-5-17-36-26/h2-17,25H,18-19H2,1H3,(H,31,35). The summed E-state index contributed by atoms with van der Waals surface area (Å²) in [4.78, 5) is 13.0. The van der Waals surface area contributed by atoms with Crippen LogP contribution in [0.3, 0.4) is 0 Å². The number of thioether (sulfide) groups is 1. The number of carbonyl (C=O) groups excluding carboxylic acids is 1. The predicted octanol–water partition coefficient (Wildman–Crippen LogP) is 6.31. The lowest BCUT2D eigenvalue weighted by Crippen LogP contribution is -2.31. The van der Waals surface area contributed by atoms with E-state index in [-0.39, 0.29) is 17.5 Å². The average molecular weight is 513 g/mol. The fourth-order valence-electron chi connectivity index (χ4n) is 3.96. The second-order valence-electron chi connectivity index (χ2n) is 8.62. The fourth-order valence-corrected chi connectivity index (χ4v) is 4.87. The number of amides is 1. The summed E-state index contributed by atoms with van der Waals surface area (Å²) < 4.78 is 20.7. The highest BCUT2D eigenvalue weighted by Gasteiger charge is 2.26. The van der Waals surface area contributed by atoms with Gasteiger partial charge in [-0.2, -0.15) is 0 Å². The SMILES string of the molecule is Cc1ccc(-n2c(SCc3ccc(F)cc3)nnc2C(Cc2ccccc2)NC(=O)c2ccco2)cc1. The molecule has 5 rings (SSSR count). The van der Waals surface area contributed by atoms with Crippen molar-refractivity contribution in [1.82, 2.24) is 20.1 Å². The van der Waals surface area contributed by atoms with E-state index in [0.717, 1.165) is 22.4 Å². The van der Waals surface area contributed by atoms with Crippen molar-refractivity contribution in [2.24, 2.45) is 0 Å². The highest BCUT2D eigenvalue weighted by atomic mass is 32.2. The molecule has 186 valence electrons.